The first kappa shape index (κ1) is 22.0. The molecule has 1 N–H and O–H groups in total. The number of halogens is 2. The number of hydrogen-bond acceptors (Lipinski definition) is 6. The van der Waals surface area contributed by atoms with E-state index in [0.29, 0.717) is 54.2 Å². The summed E-state index contributed by atoms with van der Waals surface area (Å²) in [5, 5.41) is 3.04. The van der Waals surface area contributed by atoms with Crippen molar-refractivity contribution in [2.75, 3.05) is 20.2 Å². The maximum atomic E-state index is 13.4. The molecule has 0 aliphatic carbocycles. The summed E-state index contributed by atoms with van der Waals surface area (Å²) < 4.78 is 37.5. The van der Waals surface area contributed by atoms with Crippen LogP contribution in [0.2, 0.25) is 0 Å². The highest BCUT2D eigenvalue weighted by Crippen LogP contribution is 2.30. The SMILES string of the molecule is COC(=O)C1=C(C)NC(C)=C(C(=O)O[C@]2(C)CCN(Cc3cc(F)cc(F)c3)C2)C1. The van der Waals surface area contributed by atoms with Gasteiger partial charge in [-0.3, -0.25) is 4.90 Å². The third-order valence-corrected chi connectivity index (χ3v) is 5.49. The third kappa shape index (κ3) is 4.87. The zero-order valence-corrected chi connectivity index (χ0v) is 17.6. The van der Waals surface area contributed by atoms with Crippen LogP contribution in [0.5, 0.6) is 0 Å². The van der Waals surface area contributed by atoms with Crippen molar-refractivity contribution in [3.63, 3.8) is 0 Å². The van der Waals surface area contributed by atoms with E-state index in [4.69, 9.17) is 9.47 Å². The van der Waals surface area contributed by atoms with E-state index >= 15 is 0 Å². The van der Waals surface area contributed by atoms with Crippen molar-refractivity contribution in [3.8, 4) is 0 Å². The molecule has 0 unspecified atom stereocenters. The van der Waals surface area contributed by atoms with Gasteiger partial charge >= 0.3 is 11.9 Å². The van der Waals surface area contributed by atoms with Crippen LogP contribution in [0.15, 0.2) is 40.7 Å². The van der Waals surface area contributed by atoms with Crippen LogP contribution >= 0.6 is 0 Å². The Morgan fingerprint density at radius 2 is 1.70 bits per heavy atom. The van der Waals surface area contributed by atoms with E-state index in [0.717, 1.165) is 6.07 Å². The molecule has 2 aliphatic heterocycles. The molecule has 1 aromatic carbocycles. The lowest BCUT2D eigenvalue weighted by molar-refractivity contribution is -0.152. The Bertz CT molecular complexity index is 921. The van der Waals surface area contributed by atoms with Crippen molar-refractivity contribution in [1.29, 1.82) is 0 Å². The molecule has 0 saturated carbocycles. The Labute approximate surface area is 174 Å². The molecule has 0 radical (unpaired) electrons. The first-order valence-corrected chi connectivity index (χ1v) is 9.76. The molecule has 2 heterocycles. The van der Waals surface area contributed by atoms with Gasteiger partial charge in [-0.05, 0) is 38.5 Å². The number of benzene rings is 1. The predicted octanol–water partition coefficient (Wildman–Crippen LogP) is 3.19. The van der Waals surface area contributed by atoms with Crippen LogP contribution in [0.4, 0.5) is 8.78 Å². The smallest absolute Gasteiger partial charge is 0.336 e. The van der Waals surface area contributed by atoms with Crippen LogP contribution in [0.25, 0.3) is 0 Å². The normalized spacial score (nSPS) is 22.2. The van der Waals surface area contributed by atoms with E-state index in [2.05, 4.69) is 5.32 Å². The van der Waals surface area contributed by atoms with E-state index in [1.807, 2.05) is 11.8 Å². The second kappa shape index (κ2) is 8.55. The van der Waals surface area contributed by atoms with E-state index in [1.165, 1.54) is 19.2 Å². The topological polar surface area (TPSA) is 67.9 Å². The average Bonchev–Trinajstić information content (AvgIpc) is 3.00. The summed E-state index contributed by atoms with van der Waals surface area (Å²) in [6.07, 6.45) is 0.730. The van der Waals surface area contributed by atoms with Crippen LogP contribution < -0.4 is 5.32 Å². The van der Waals surface area contributed by atoms with Crippen LogP contribution in [-0.4, -0.2) is 42.6 Å². The molecule has 8 heteroatoms. The first-order chi connectivity index (χ1) is 14.1. The lowest BCUT2D eigenvalue weighted by Crippen LogP contribution is -2.37. The van der Waals surface area contributed by atoms with Gasteiger partial charge in [0, 0.05) is 49.9 Å². The summed E-state index contributed by atoms with van der Waals surface area (Å²) in [6.45, 7) is 6.78. The molecule has 0 spiro atoms. The number of hydrogen-bond donors (Lipinski definition) is 1. The van der Waals surface area contributed by atoms with E-state index in [1.54, 1.807) is 13.8 Å². The van der Waals surface area contributed by atoms with Gasteiger partial charge in [0.05, 0.1) is 18.3 Å². The minimum Gasteiger partial charge on any atom is -0.466 e. The van der Waals surface area contributed by atoms with Crippen LogP contribution in [0.3, 0.4) is 0 Å². The minimum atomic E-state index is -0.738. The highest BCUT2D eigenvalue weighted by molar-refractivity contribution is 5.96. The number of likely N-dealkylation sites (tertiary alicyclic amines) is 1. The summed E-state index contributed by atoms with van der Waals surface area (Å²) >= 11 is 0. The van der Waals surface area contributed by atoms with Crippen molar-refractivity contribution < 1.29 is 27.8 Å². The van der Waals surface area contributed by atoms with Gasteiger partial charge in [-0.2, -0.15) is 0 Å². The number of rotatable bonds is 5. The maximum Gasteiger partial charge on any atom is 0.336 e. The lowest BCUT2D eigenvalue weighted by atomic mass is 9.97. The summed E-state index contributed by atoms with van der Waals surface area (Å²) in [5.41, 5.74) is 1.85. The number of dihydropyridines is 1. The molecule has 1 aromatic rings. The molecular weight excluding hydrogens is 394 g/mol. The van der Waals surface area contributed by atoms with Crippen molar-refractivity contribution >= 4 is 11.9 Å². The van der Waals surface area contributed by atoms with Crippen molar-refractivity contribution in [2.24, 2.45) is 0 Å². The number of carbonyl (C=O) groups is 2. The predicted molar refractivity (Wildman–Crippen MR) is 106 cm³/mol. The molecule has 0 amide bonds. The van der Waals surface area contributed by atoms with Gasteiger partial charge in [0.2, 0.25) is 0 Å². The van der Waals surface area contributed by atoms with Crippen molar-refractivity contribution in [2.45, 2.75) is 45.8 Å². The van der Waals surface area contributed by atoms with Gasteiger partial charge in [-0.1, -0.05) is 0 Å². The molecule has 1 atom stereocenters. The molecule has 1 saturated heterocycles. The Balaban J connectivity index is 1.65. The monoisotopic (exact) mass is 420 g/mol. The second-order valence-electron chi connectivity index (χ2n) is 8.08. The van der Waals surface area contributed by atoms with Gasteiger partial charge in [0.1, 0.15) is 17.2 Å². The van der Waals surface area contributed by atoms with Gasteiger partial charge < -0.3 is 14.8 Å². The number of ether oxygens (including phenoxy) is 2. The van der Waals surface area contributed by atoms with Crippen molar-refractivity contribution in [3.05, 3.63) is 57.9 Å². The standard InChI is InChI=1S/C22H26F2N2O4/c1-13-18(20(27)29-4)10-19(14(2)25-13)21(28)30-22(3)5-6-26(12-22)11-15-7-16(23)9-17(24)8-15/h7-9,25H,5-6,10-12H2,1-4H3/t22-/m1/s1. The Morgan fingerprint density at radius 3 is 2.30 bits per heavy atom. The largest absolute Gasteiger partial charge is 0.466 e. The molecule has 30 heavy (non-hydrogen) atoms. The molecule has 3 rings (SSSR count). The zero-order valence-electron chi connectivity index (χ0n) is 17.6. The molecule has 162 valence electrons. The fourth-order valence-corrected chi connectivity index (χ4v) is 3.94. The number of allylic oxidation sites excluding steroid dienone is 2. The van der Waals surface area contributed by atoms with Gasteiger partial charge in [0.15, 0.2) is 0 Å². The van der Waals surface area contributed by atoms with Crippen LogP contribution in [0, 0.1) is 11.6 Å². The molecule has 2 aliphatic rings. The third-order valence-electron chi connectivity index (χ3n) is 5.49. The molecule has 1 fully saturated rings. The fourth-order valence-electron chi connectivity index (χ4n) is 3.94. The van der Waals surface area contributed by atoms with Gasteiger partial charge in [-0.15, -0.1) is 0 Å². The zero-order chi connectivity index (χ0) is 22.1. The minimum absolute atomic E-state index is 0.137. The first-order valence-electron chi connectivity index (χ1n) is 9.76. The molecule has 0 aromatic heterocycles. The van der Waals surface area contributed by atoms with E-state index < -0.39 is 29.2 Å². The maximum absolute atomic E-state index is 13.4. The number of carbonyl (C=O) groups excluding carboxylic acids is 2. The summed E-state index contributed by atoms with van der Waals surface area (Å²) in [7, 11) is 1.30. The Kier molecular flexibility index (Phi) is 6.26. The lowest BCUT2D eigenvalue weighted by Gasteiger charge is -2.28. The van der Waals surface area contributed by atoms with Crippen molar-refractivity contribution in [1.82, 2.24) is 10.2 Å². The van der Waals surface area contributed by atoms with Gasteiger partial charge in [0.25, 0.3) is 0 Å². The number of esters is 2. The molecule has 6 nitrogen and oxygen atoms in total. The van der Waals surface area contributed by atoms with Crippen LogP contribution in [-0.2, 0) is 25.6 Å². The van der Waals surface area contributed by atoms with Gasteiger partial charge in [-0.25, -0.2) is 18.4 Å². The summed E-state index contributed by atoms with van der Waals surface area (Å²) in [5.74, 6) is -2.21. The van der Waals surface area contributed by atoms with E-state index in [-0.39, 0.29) is 6.42 Å². The second-order valence-corrected chi connectivity index (χ2v) is 8.08. The van der Waals surface area contributed by atoms with E-state index in [9.17, 15) is 18.4 Å². The Hall–Kier alpha value is -2.74. The quantitative estimate of drug-likeness (QED) is 0.738. The molecular formula is C22H26F2N2O4. The Morgan fingerprint density at radius 1 is 1.10 bits per heavy atom. The summed E-state index contributed by atoms with van der Waals surface area (Å²) in [6, 6.07) is 3.44. The number of methoxy groups -OCH3 is 1. The van der Waals surface area contributed by atoms with Crippen LogP contribution in [0.1, 0.15) is 39.2 Å². The highest BCUT2D eigenvalue weighted by atomic mass is 19.1. The highest BCUT2D eigenvalue weighted by Gasteiger charge is 2.39. The molecule has 0 bridgehead atoms. The number of nitrogens with zero attached hydrogens (tertiary/aromatic N) is 1. The summed E-state index contributed by atoms with van der Waals surface area (Å²) in [4.78, 5) is 26.8. The number of nitrogens with one attached hydrogen (secondary N) is 1. The average molecular weight is 420 g/mol. The fraction of sp³-hybridized carbons (Fsp3) is 0.455.